The molecule has 1 aromatic heterocycles. The lowest BCUT2D eigenvalue weighted by molar-refractivity contribution is 0.207. The Hall–Kier alpha value is -1.32. The van der Waals surface area contributed by atoms with Crippen LogP contribution in [0, 0.1) is 0 Å². The summed E-state index contributed by atoms with van der Waals surface area (Å²) in [4.78, 5) is 13.2. The zero-order valence-electron chi connectivity index (χ0n) is 4.65. The Kier molecular flexibility index (Phi) is 1.85. The van der Waals surface area contributed by atoms with Gasteiger partial charge in [-0.05, 0) is 0 Å². The molecule has 0 amide bonds. The largest absolute Gasteiger partial charge is 0.435 e. The highest BCUT2D eigenvalue weighted by Gasteiger charge is 1.85. The Morgan fingerprint density at radius 3 is 3.22 bits per heavy atom. The molecule has 0 saturated carbocycles. The van der Waals surface area contributed by atoms with Crippen molar-refractivity contribution in [2.24, 2.45) is 0 Å². The van der Waals surface area contributed by atoms with Crippen LogP contribution in [0.5, 0.6) is 0 Å². The van der Waals surface area contributed by atoms with E-state index in [-0.39, 0.29) is 6.73 Å². The van der Waals surface area contributed by atoms with Gasteiger partial charge in [-0.3, -0.25) is 0 Å². The molecule has 1 rings (SSSR count). The van der Waals surface area contributed by atoms with Crippen LogP contribution >= 0.6 is 0 Å². The molecule has 4 nitrogen and oxygen atoms in total. The minimum atomic E-state index is 0.184. The number of rotatable bonds is 3. The topological polar surface area (TPSA) is 44.1 Å². The van der Waals surface area contributed by atoms with Crippen molar-refractivity contribution in [3.05, 3.63) is 18.7 Å². The van der Waals surface area contributed by atoms with Crippen molar-refractivity contribution >= 4 is 6.47 Å². The first-order valence-corrected chi connectivity index (χ1v) is 2.38. The number of carbonyl (C=O) groups excluding carboxylic acids is 1. The highest BCUT2D eigenvalue weighted by molar-refractivity contribution is 5.37. The molecule has 1 radical (unpaired) electrons. The first kappa shape index (κ1) is 5.81. The molecule has 0 fully saturated rings. The molecule has 0 bridgehead atoms. The first-order valence-electron chi connectivity index (χ1n) is 2.38. The summed E-state index contributed by atoms with van der Waals surface area (Å²) in [6.07, 6.45) is 4.85. The van der Waals surface area contributed by atoms with Gasteiger partial charge < -0.3 is 9.30 Å². The van der Waals surface area contributed by atoms with E-state index in [1.54, 1.807) is 23.3 Å². The van der Waals surface area contributed by atoms with E-state index in [1.807, 2.05) is 0 Å². The molecule has 1 aromatic rings. The number of aromatic nitrogens is 2. The van der Waals surface area contributed by atoms with Gasteiger partial charge in [0, 0.05) is 12.4 Å². The van der Waals surface area contributed by atoms with Gasteiger partial charge in [-0.15, -0.1) is 0 Å². The standard InChI is InChI=1S/C5H5N2O2/c8-5-9-4-7-2-1-6-3-7/h1-3H,4H2. The Bertz CT molecular complexity index is 171. The monoisotopic (exact) mass is 125 g/mol. The molecule has 4 heteroatoms. The zero-order valence-corrected chi connectivity index (χ0v) is 4.65. The van der Waals surface area contributed by atoms with Crippen molar-refractivity contribution < 1.29 is 9.53 Å². The van der Waals surface area contributed by atoms with Crippen LogP contribution in [-0.2, 0) is 16.3 Å². The van der Waals surface area contributed by atoms with E-state index >= 15 is 0 Å². The molecule has 0 unspecified atom stereocenters. The second-order valence-corrected chi connectivity index (χ2v) is 1.43. The average molecular weight is 125 g/mol. The molecule has 1 heterocycles. The Morgan fingerprint density at radius 1 is 1.78 bits per heavy atom. The summed E-state index contributed by atoms with van der Waals surface area (Å²) in [7, 11) is 0. The average Bonchev–Trinajstić information content (AvgIpc) is 2.34. The van der Waals surface area contributed by atoms with Crippen molar-refractivity contribution in [1.29, 1.82) is 0 Å². The maximum absolute atomic E-state index is 9.52. The van der Waals surface area contributed by atoms with E-state index in [1.165, 1.54) is 6.47 Å². The van der Waals surface area contributed by atoms with Gasteiger partial charge in [0.05, 0.1) is 6.33 Å². The molecule has 0 aliphatic heterocycles. The third-order valence-corrected chi connectivity index (χ3v) is 0.832. The third-order valence-electron chi connectivity index (χ3n) is 0.832. The number of imidazole rings is 1. The maximum atomic E-state index is 9.52. The van der Waals surface area contributed by atoms with Crippen LogP contribution < -0.4 is 0 Å². The normalized spacial score (nSPS) is 8.89. The van der Waals surface area contributed by atoms with E-state index < -0.39 is 0 Å². The highest BCUT2D eigenvalue weighted by atomic mass is 16.5. The van der Waals surface area contributed by atoms with Crippen molar-refractivity contribution in [3.63, 3.8) is 0 Å². The summed E-state index contributed by atoms with van der Waals surface area (Å²) >= 11 is 0. The minimum Gasteiger partial charge on any atom is -0.435 e. The van der Waals surface area contributed by atoms with Gasteiger partial charge in [-0.25, -0.2) is 9.78 Å². The summed E-state index contributed by atoms with van der Waals surface area (Å²) in [6, 6.07) is 0. The van der Waals surface area contributed by atoms with Crippen molar-refractivity contribution in [2.75, 3.05) is 0 Å². The predicted octanol–water partition coefficient (Wildman–Crippen LogP) is -0.0756. The molecule has 0 aromatic carbocycles. The second-order valence-electron chi connectivity index (χ2n) is 1.43. The predicted molar refractivity (Wildman–Crippen MR) is 29.0 cm³/mol. The zero-order chi connectivity index (χ0) is 6.53. The lowest BCUT2D eigenvalue weighted by Crippen LogP contribution is -1.97. The highest BCUT2D eigenvalue weighted by Crippen LogP contribution is 1.83. The van der Waals surface area contributed by atoms with Crippen LogP contribution in [0.2, 0.25) is 0 Å². The minimum absolute atomic E-state index is 0.184. The number of nitrogens with zero attached hydrogens (tertiary/aromatic N) is 2. The van der Waals surface area contributed by atoms with Crippen LogP contribution in [0.15, 0.2) is 18.7 Å². The molecule has 0 aliphatic rings. The van der Waals surface area contributed by atoms with Gasteiger partial charge in [0.1, 0.15) is 0 Å². The van der Waals surface area contributed by atoms with E-state index in [0.717, 1.165) is 0 Å². The molecule has 0 atom stereocenters. The van der Waals surface area contributed by atoms with Crippen LogP contribution in [-0.4, -0.2) is 16.0 Å². The molecule has 0 spiro atoms. The summed E-state index contributed by atoms with van der Waals surface area (Å²) in [5, 5.41) is 0. The van der Waals surface area contributed by atoms with Gasteiger partial charge >= 0.3 is 6.47 Å². The number of ether oxygens (including phenoxy) is 1. The SMILES string of the molecule is O=[C]OCn1ccnc1. The van der Waals surface area contributed by atoms with E-state index in [4.69, 9.17) is 0 Å². The van der Waals surface area contributed by atoms with Crippen LogP contribution in [0.1, 0.15) is 0 Å². The van der Waals surface area contributed by atoms with Crippen molar-refractivity contribution in [1.82, 2.24) is 9.55 Å². The molecule has 47 valence electrons. The molecule has 9 heavy (non-hydrogen) atoms. The molecular formula is C5H5N2O2. The Labute approximate surface area is 52.1 Å². The lowest BCUT2D eigenvalue weighted by atomic mass is 10.9. The number of hydrogen-bond donors (Lipinski definition) is 0. The fraction of sp³-hybridized carbons (Fsp3) is 0.200. The van der Waals surface area contributed by atoms with E-state index in [0.29, 0.717) is 0 Å². The fourth-order valence-electron chi connectivity index (χ4n) is 0.464. The summed E-state index contributed by atoms with van der Waals surface area (Å²) in [6.45, 7) is 1.49. The lowest BCUT2D eigenvalue weighted by Gasteiger charge is -1.94. The van der Waals surface area contributed by atoms with Crippen molar-refractivity contribution in [2.45, 2.75) is 6.73 Å². The van der Waals surface area contributed by atoms with E-state index in [9.17, 15) is 4.79 Å². The second kappa shape index (κ2) is 2.86. The van der Waals surface area contributed by atoms with E-state index in [2.05, 4.69) is 9.72 Å². The van der Waals surface area contributed by atoms with Gasteiger partial charge in [0.15, 0.2) is 6.73 Å². The first-order chi connectivity index (χ1) is 4.43. The summed E-state index contributed by atoms with van der Waals surface area (Å²) in [5.41, 5.74) is 0. The van der Waals surface area contributed by atoms with Crippen molar-refractivity contribution in [3.8, 4) is 0 Å². The fourth-order valence-corrected chi connectivity index (χ4v) is 0.464. The summed E-state index contributed by atoms with van der Waals surface area (Å²) in [5.74, 6) is 0. The molecular weight excluding hydrogens is 120 g/mol. The smallest absolute Gasteiger partial charge is 0.419 e. The Balaban J connectivity index is 2.38. The quantitative estimate of drug-likeness (QED) is 0.567. The molecule has 0 N–H and O–H groups in total. The van der Waals surface area contributed by atoms with Crippen LogP contribution in [0.25, 0.3) is 0 Å². The van der Waals surface area contributed by atoms with Crippen LogP contribution in [0.4, 0.5) is 0 Å². The number of hydrogen-bond acceptors (Lipinski definition) is 3. The maximum Gasteiger partial charge on any atom is 0.419 e. The third kappa shape index (κ3) is 1.56. The van der Waals surface area contributed by atoms with Crippen LogP contribution in [0.3, 0.4) is 0 Å². The van der Waals surface area contributed by atoms with Gasteiger partial charge in [-0.2, -0.15) is 0 Å². The van der Waals surface area contributed by atoms with Gasteiger partial charge in [0.25, 0.3) is 0 Å². The molecule has 0 saturated heterocycles. The summed E-state index contributed by atoms with van der Waals surface area (Å²) < 4.78 is 5.91. The Morgan fingerprint density at radius 2 is 2.67 bits per heavy atom. The molecule has 0 aliphatic carbocycles. The van der Waals surface area contributed by atoms with Gasteiger partial charge in [-0.1, -0.05) is 0 Å². The van der Waals surface area contributed by atoms with Gasteiger partial charge in [0.2, 0.25) is 0 Å².